The van der Waals surface area contributed by atoms with E-state index in [-0.39, 0.29) is 29.9 Å². The molecule has 0 bridgehead atoms. The Kier molecular flexibility index (Phi) is 10.6. The summed E-state index contributed by atoms with van der Waals surface area (Å²) in [7, 11) is 1.63. The summed E-state index contributed by atoms with van der Waals surface area (Å²) in [4.78, 5) is 16.2. The van der Waals surface area contributed by atoms with Gasteiger partial charge in [-0.25, -0.2) is 4.99 Å². The standard InChI is InChI=1S/C20H30N6O.HI/c1-5-22-20(23-11-6-12-26-16(3)13-15(2)25-26)24-14-17-7-9-18(10-8-17)19(27)21-4;/h7-10,13H,5-6,11-12,14H2,1-4H3,(H,21,27)(H2,22,23,24);1H. The number of guanidine groups is 1. The van der Waals surface area contributed by atoms with Crippen molar-refractivity contribution in [2.75, 3.05) is 20.1 Å². The number of rotatable bonds is 8. The van der Waals surface area contributed by atoms with Gasteiger partial charge in [-0.05, 0) is 51.0 Å². The fourth-order valence-corrected chi connectivity index (χ4v) is 2.75. The number of benzene rings is 1. The molecule has 0 aliphatic rings. The van der Waals surface area contributed by atoms with Gasteiger partial charge in [0.15, 0.2) is 5.96 Å². The van der Waals surface area contributed by atoms with Gasteiger partial charge in [-0.3, -0.25) is 9.48 Å². The molecule has 2 aromatic rings. The summed E-state index contributed by atoms with van der Waals surface area (Å²) in [6.45, 7) is 9.20. The second-order valence-corrected chi connectivity index (χ2v) is 6.40. The molecular weight excluding hydrogens is 467 g/mol. The van der Waals surface area contributed by atoms with E-state index in [1.54, 1.807) is 7.05 Å². The number of halogens is 1. The van der Waals surface area contributed by atoms with Crippen LogP contribution in [0.4, 0.5) is 0 Å². The van der Waals surface area contributed by atoms with Gasteiger partial charge in [0.2, 0.25) is 0 Å². The second-order valence-electron chi connectivity index (χ2n) is 6.40. The molecule has 0 saturated carbocycles. The summed E-state index contributed by atoms with van der Waals surface area (Å²) >= 11 is 0. The summed E-state index contributed by atoms with van der Waals surface area (Å²) in [5.41, 5.74) is 3.95. The monoisotopic (exact) mass is 498 g/mol. The minimum atomic E-state index is -0.0809. The fourth-order valence-electron chi connectivity index (χ4n) is 2.75. The van der Waals surface area contributed by atoms with Crippen molar-refractivity contribution in [1.29, 1.82) is 0 Å². The van der Waals surface area contributed by atoms with Crippen molar-refractivity contribution in [3.8, 4) is 0 Å². The largest absolute Gasteiger partial charge is 0.357 e. The third-order valence-corrected chi connectivity index (χ3v) is 4.15. The van der Waals surface area contributed by atoms with Crippen LogP contribution in [-0.4, -0.2) is 41.8 Å². The first kappa shape index (κ1) is 23.9. The number of carbonyl (C=O) groups is 1. The highest BCUT2D eigenvalue weighted by Crippen LogP contribution is 2.06. The third-order valence-electron chi connectivity index (χ3n) is 4.15. The van der Waals surface area contributed by atoms with E-state index in [0.29, 0.717) is 12.1 Å². The van der Waals surface area contributed by atoms with E-state index in [1.165, 1.54) is 5.69 Å². The van der Waals surface area contributed by atoms with Crippen molar-refractivity contribution >= 4 is 35.8 Å². The lowest BCUT2D eigenvalue weighted by Crippen LogP contribution is -2.38. The lowest BCUT2D eigenvalue weighted by Gasteiger charge is -2.12. The predicted octanol–water partition coefficient (Wildman–Crippen LogP) is 2.62. The SMILES string of the molecule is CCNC(=NCc1ccc(C(=O)NC)cc1)NCCCn1nc(C)cc1C.I. The lowest BCUT2D eigenvalue weighted by molar-refractivity contribution is 0.0963. The molecule has 0 unspecified atom stereocenters. The molecular formula is C20H31IN6O. The molecule has 0 fully saturated rings. The van der Waals surface area contributed by atoms with Crippen LogP contribution >= 0.6 is 24.0 Å². The van der Waals surface area contributed by atoms with Crippen LogP contribution in [0.5, 0.6) is 0 Å². The minimum Gasteiger partial charge on any atom is -0.357 e. The van der Waals surface area contributed by atoms with E-state index < -0.39 is 0 Å². The zero-order valence-electron chi connectivity index (χ0n) is 17.1. The van der Waals surface area contributed by atoms with Crippen molar-refractivity contribution in [1.82, 2.24) is 25.7 Å². The highest BCUT2D eigenvalue weighted by molar-refractivity contribution is 14.0. The Morgan fingerprint density at radius 1 is 1.18 bits per heavy atom. The minimum absolute atomic E-state index is 0. The average Bonchev–Trinajstić information content (AvgIpc) is 3.00. The smallest absolute Gasteiger partial charge is 0.251 e. The van der Waals surface area contributed by atoms with Gasteiger partial charge < -0.3 is 16.0 Å². The quantitative estimate of drug-likeness (QED) is 0.226. The van der Waals surface area contributed by atoms with Crippen LogP contribution < -0.4 is 16.0 Å². The summed E-state index contributed by atoms with van der Waals surface area (Å²) in [5, 5.41) is 13.7. The molecule has 0 atom stereocenters. The molecule has 2 rings (SSSR count). The highest BCUT2D eigenvalue weighted by Gasteiger charge is 2.03. The van der Waals surface area contributed by atoms with E-state index >= 15 is 0 Å². The zero-order valence-corrected chi connectivity index (χ0v) is 19.4. The molecule has 28 heavy (non-hydrogen) atoms. The van der Waals surface area contributed by atoms with Crippen molar-refractivity contribution in [2.45, 2.75) is 40.3 Å². The fraction of sp³-hybridized carbons (Fsp3) is 0.450. The Hall–Kier alpha value is -2.10. The molecule has 0 saturated heterocycles. The third kappa shape index (κ3) is 7.49. The molecule has 1 amide bonds. The van der Waals surface area contributed by atoms with Gasteiger partial charge in [0.1, 0.15) is 0 Å². The summed E-state index contributed by atoms with van der Waals surface area (Å²) in [6.07, 6.45) is 0.965. The Labute approximate surface area is 184 Å². The van der Waals surface area contributed by atoms with Gasteiger partial charge in [0.25, 0.3) is 5.91 Å². The molecule has 0 spiro atoms. The first-order chi connectivity index (χ1) is 13.0. The summed E-state index contributed by atoms with van der Waals surface area (Å²) < 4.78 is 2.04. The van der Waals surface area contributed by atoms with Crippen LogP contribution in [0.2, 0.25) is 0 Å². The van der Waals surface area contributed by atoms with Gasteiger partial charge in [-0.2, -0.15) is 5.10 Å². The molecule has 0 aliphatic carbocycles. The van der Waals surface area contributed by atoms with E-state index in [2.05, 4.69) is 39.0 Å². The van der Waals surface area contributed by atoms with E-state index in [4.69, 9.17) is 0 Å². The van der Waals surface area contributed by atoms with Gasteiger partial charge in [0.05, 0.1) is 12.2 Å². The van der Waals surface area contributed by atoms with Crippen molar-refractivity contribution in [3.05, 3.63) is 52.8 Å². The molecule has 1 aromatic heterocycles. The number of nitrogens with one attached hydrogen (secondary N) is 3. The number of aliphatic imine (C=N–C) groups is 1. The Morgan fingerprint density at radius 3 is 2.46 bits per heavy atom. The highest BCUT2D eigenvalue weighted by atomic mass is 127. The van der Waals surface area contributed by atoms with E-state index in [1.807, 2.05) is 42.8 Å². The summed E-state index contributed by atoms with van der Waals surface area (Å²) in [6, 6.07) is 9.59. The van der Waals surface area contributed by atoms with Crippen LogP contribution in [0, 0.1) is 13.8 Å². The number of hydrogen-bond acceptors (Lipinski definition) is 3. The lowest BCUT2D eigenvalue weighted by atomic mass is 10.1. The van der Waals surface area contributed by atoms with Gasteiger partial charge in [-0.1, -0.05) is 12.1 Å². The zero-order chi connectivity index (χ0) is 19.6. The van der Waals surface area contributed by atoms with Gasteiger partial charge in [0, 0.05) is 37.9 Å². The maximum absolute atomic E-state index is 11.6. The van der Waals surface area contributed by atoms with Crippen molar-refractivity contribution in [2.24, 2.45) is 4.99 Å². The Balaban J connectivity index is 0.00000392. The molecule has 0 radical (unpaired) electrons. The number of hydrogen-bond donors (Lipinski definition) is 3. The van der Waals surface area contributed by atoms with Crippen molar-refractivity contribution < 1.29 is 4.79 Å². The number of aromatic nitrogens is 2. The number of nitrogens with zero attached hydrogens (tertiary/aromatic N) is 3. The second kappa shape index (κ2) is 12.4. The first-order valence-electron chi connectivity index (χ1n) is 9.37. The molecule has 8 heteroatoms. The normalized spacial score (nSPS) is 10.9. The molecule has 7 nitrogen and oxygen atoms in total. The molecule has 0 aliphatic heterocycles. The van der Waals surface area contributed by atoms with Crippen LogP contribution in [-0.2, 0) is 13.1 Å². The Morgan fingerprint density at radius 2 is 1.89 bits per heavy atom. The van der Waals surface area contributed by atoms with E-state index in [9.17, 15) is 4.79 Å². The maximum atomic E-state index is 11.6. The molecule has 154 valence electrons. The topological polar surface area (TPSA) is 83.3 Å². The van der Waals surface area contributed by atoms with Crippen LogP contribution in [0.3, 0.4) is 0 Å². The van der Waals surface area contributed by atoms with E-state index in [0.717, 1.165) is 43.3 Å². The summed E-state index contributed by atoms with van der Waals surface area (Å²) in [5.74, 6) is 0.712. The van der Waals surface area contributed by atoms with Crippen LogP contribution in [0.25, 0.3) is 0 Å². The average molecular weight is 498 g/mol. The molecule has 1 heterocycles. The van der Waals surface area contributed by atoms with Gasteiger partial charge >= 0.3 is 0 Å². The maximum Gasteiger partial charge on any atom is 0.251 e. The van der Waals surface area contributed by atoms with Crippen LogP contribution in [0.15, 0.2) is 35.3 Å². The first-order valence-corrected chi connectivity index (χ1v) is 9.37. The van der Waals surface area contributed by atoms with Crippen molar-refractivity contribution in [3.63, 3.8) is 0 Å². The molecule has 3 N–H and O–H groups in total. The number of amides is 1. The molecule has 1 aromatic carbocycles. The van der Waals surface area contributed by atoms with Crippen LogP contribution in [0.1, 0.15) is 40.7 Å². The Bertz CT molecular complexity index is 770. The van der Waals surface area contributed by atoms with Gasteiger partial charge in [-0.15, -0.1) is 24.0 Å². The number of carbonyl (C=O) groups excluding carboxylic acids is 1. The predicted molar refractivity (Wildman–Crippen MR) is 124 cm³/mol. The number of aryl methyl sites for hydroxylation is 3.